The first-order chi connectivity index (χ1) is 10.5. The molecule has 3 atom stereocenters. The van der Waals surface area contributed by atoms with Crippen molar-refractivity contribution in [2.24, 2.45) is 0 Å². The van der Waals surface area contributed by atoms with Crippen molar-refractivity contribution >= 4 is 11.9 Å². The predicted octanol–water partition coefficient (Wildman–Crippen LogP) is 1.91. The van der Waals surface area contributed by atoms with E-state index in [9.17, 15) is 9.59 Å². The van der Waals surface area contributed by atoms with Gasteiger partial charge in [-0.05, 0) is 26.8 Å². The molecule has 0 aliphatic carbocycles. The van der Waals surface area contributed by atoms with Crippen molar-refractivity contribution in [3.05, 3.63) is 36.5 Å². The van der Waals surface area contributed by atoms with E-state index in [4.69, 9.17) is 14.2 Å². The van der Waals surface area contributed by atoms with Crippen LogP contribution in [0.4, 0.5) is 0 Å². The lowest BCUT2D eigenvalue weighted by Gasteiger charge is -2.33. The van der Waals surface area contributed by atoms with Crippen LogP contribution in [0.2, 0.25) is 0 Å². The third kappa shape index (κ3) is 6.24. The van der Waals surface area contributed by atoms with Gasteiger partial charge in [0, 0.05) is 12.2 Å². The largest absolute Gasteiger partial charge is 0.463 e. The van der Waals surface area contributed by atoms with Gasteiger partial charge in [0.05, 0.1) is 13.2 Å². The Balaban J connectivity index is 2.65. The van der Waals surface area contributed by atoms with E-state index in [2.05, 4.69) is 11.3 Å². The molecule has 6 nitrogen and oxygen atoms in total. The van der Waals surface area contributed by atoms with Crippen molar-refractivity contribution in [3.63, 3.8) is 0 Å². The zero-order valence-corrected chi connectivity index (χ0v) is 13.1. The quantitative estimate of drug-likeness (QED) is 0.424. The Morgan fingerprint density at radius 1 is 1.32 bits per heavy atom. The number of allylic oxidation sites excluding steroid dienone is 2. The molecule has 1 aliphatic rings. The van der Waals surface area contributed by atoms with Gasteiger partial charge in [-0.15, -0.1) is 0 Å². The number of carbonyl (C=O) groups excluding carboxylic acids is 2. The smallest absolute Gasteiger partial charge is 0.331 e. The molecule has 0 aromatic rings. The summed E-state index contributed by atoms with van der Waals surface area (Å²) in [4.78, 5) is 22.9. The molecule has 122 valence electrons. The molecule has 22 heavy (non-hydrogen) atoms. The summed E-state index contributed by atoms with van der Waals surface area (Å²) >= 11 is 0. The van der Waals surface area contributed by atoms with Crippen molar-refractivity contribution < 1.29 is 28.5 Å². The molecule has 0 radical (unpaired) electrons. The maximum atomic E-state index is 11.7. The Labute approximate surface area is 130 Å². The summed E-state index contributed by atoms with van der Waals surface area (Å²) < 4.78 is 20.9. The average molecular weight is 310 g/mol. The number of esters is 2. The Kier molecular flexibility index (Phi) is 7.56. The zero-order chi connectivity index (χ0) is 16.5. The van der Waals surface area contributed by atoms with Crippen molar-refractivity contribution in [2.75, 3.05) is 13.2 Å². The molecule has 1 fully saturated rings. The van der Waals surface area contributed by atoms with Crippen molar-refractivity contribution in [1.29, 1.82) is 0 Å². The van der Waals surface area contributed by atoms with E-state index in [1.165, 1.54) is 0 Å². The first-order valence-electron chi connectivity index (χ1n) is 7.09. The van der Waals surface area contributed by atoms with E-state index in [1.807, 2.05) is 13.0 Å². The van der Waals surface area contributed by atoms with Crippen LogP contribution in [0.25, 0.3) is 0 Å². The lowest BCUT2D eigenvalue weighted by molar-refractivity contribution is -0.237. The molecular weight excluding hydrogens is 288 g/mol. The summed E-state index contributed by atoms with van der Waals surface area (Å²) in [5.74, 6) is -1.25. The Morgan fingerprint density at radius 3 is 2.64 bits per heavy atom. The molecule has 1 rings (SSSR count). The molecule has 0 amide bonds. The third-order valence-electron chi connectivity index (χ3n) is 2.87. The van der Waals surface area contributed by atoms with Gasteiger partial charge in [0.25, 0.3) is 0 Å². The fourth-order valence-electron chi connectivity index (χ4n) is 1.76. The Hall–Kier alpha value is -1.92. The van der Waals surface area contributed by atoms with Crippen molar-refractivity contribution in [3.8, 4) is 0 Å². The maximum Gasteiger partial charge on any atom is 0.331 e. The van der Waals surface area contributed by atoms with Crippen LogP contribution in [-0.2, 0) is 28.5 Å². The molecule has 0 saturated carbocycles. The molecule has 0 spiro atoms. The SMILES string of the molecule is C=C/C(C)=C/[C@@H]1O[C@H](C)OC[C@H]1OC(=O)/C=C/C(=O)OCC. The minimum Gasteiger partial charge on any atom is -0.463 e. The van der Waals surface area contributed by atoms with Crippen molar-refractivity contribution in [2.45, 2.75) is 39.3 Å². The fraction of sp³-hybridized carbons (Fsp3) is 0.500. The molecule has 0 bridgehead atoms. The second-order valence-corrected chi connectivity index (χ2v) is 4.68. The van der Waals surface area contributed by atoms with Gasteiger partial charge in [-0.2, -0.15) is 0 Å². The number of carbonyl (C=O) groups is 2. The molecule has 1 aliphatic heterocycles. The van der Waals surface area contributed by atoms with Gasteiger partial charge in [0.15, 0.2) is 12.4 Å². The highest BCUT2D eigenvalue weighted by Gasteiger charge is 2.31. The van der Waals surface area contributed by atoms with Gasteiger partial charge in [-0.3, -0.25) is 0 Å². The fourth-order valence-corrected chi connectivity index (χ4v) is 1.76. The summed E-state index contributed by atoms with van der Waals surface area (Å²) in [6, 6.07) is 0. The Bertz CT molecular complexity index is 465. The molecule has 6 heteroatoms. The maximum absolute atomic E-state index is 11.7. The molecule has 1 heterocycles. The topological polar surface area (TPSA) is 71.1 Å². The van der Waals surface area contributed by atoms with Crippen LogP contribution >= 0.6 is 0 Å². The first kappa shape index (κ1) is 18.1. The highest BCUT2D eigenvalue weighted by molar-refractivity contribution is 5.91. The van der Waals surface area contributed by atoms with Crippen molar-refractivity contribution in [1.82, 2.24) is 0 Å². The van der Waals surface area contributed by atoms with Gasteiger partial charge in [0.2, 0.25) is 0 Å². The highest BCUT2D eigenvalue weighted by Crippen LogP contribution is 2.18. The van der Waals surface area contributed by atoms with Crippen LogP contribution in [0.5, 0.6) is 0 Å². The molecule has 0 N–H and O–H groups in total. The van der Waals surface area contributed by atoms with E-state index in [-0.39, 0.29) is 19.5 Å². The van der Waals surface area contributed by atoms with Gasteiger partial charge < -0.3 is 18.9 Å². The minimum atomic E-state index is -0.658. The number of hydrogen-bond donors (Lipinski definition) is 0. The molecular formula is C16H22O6. The highest BCUT2D eigenvalue weighted by atomic mass is 16.7. The van der Waals surface area contributed by atoms with Crippen LogP contribution in [-0.4, -0.2) is 43.7 Å². The standard InChI is InChI=1S/C16H22O6/c1-5-11(3)9-13-14(10-20-12(4)21-13)22-16(18)8-7-15(17)19-6-2/h5,7-9,12-14H,1,6,10H2,2-4H3/b8-7+,11-9+/t12-,13+,14-/m1/s1. The number of ether oxygens (including phenoxy) is 4. The van der Waals surface area contributed by atoms with Gasteiger partial charge in [0.1, 0.15) is 6.10 Å². The van der Waals surface area contributed by atoms with Crippen LogP contribution < -0.4 is 0 Å². The lowest BCUT2D eigenvalue weighted by atomic mass is 10.1. The van der Waals surface area contributed by atoms with Gasteiger partial charge in [-0.1, -0.05) is 18.2 Å². The predicted molar refractivity (Wildman–Crippen MR) is 79.9 cm³/mol. The molecule has 0 aromatic heterocycles. The summed E-state index contributed by atoms with van der Waals surface area (Å²) in [5, 5.41) is 0. The van der Waals surface area contributed by atoms with E-state index in [1.54, 1.807) is 19.9 Å². The third-order valence-corrected chi connectivity index (χ3v) is 2.87. The molecule has 0 unspecified atom stereocenters. The van der Waals surface area contributed by atoms with Crippen LogP contribution in [0, 0.1) is 0 Å². The van der Waals surface area contributed by atoms with Crippen LogP contribution in [0.1, 0.15) is 20.8 Å². The van der Waals surface area contributed by atoms with Crippen LogP contribution in [0.3, 0.4) is 0 Å². The van der Waals surface area contributed by atoms with E-state index in [0.29, 0.717) is 0 Å². The summed E-state index contributed by atoms with van der Waals surface area (Å²) in [7, 11) is 0. The van der Waals surface area contributed by atoms with E-state index >= 15 is 0 Å². The summed E-state index contributed by atoms with van der Waals surface area (Å²) in [6.45, 7) is 9.45. The van der Waals surface area contributed by atoms with Crippen LogP contribution in [0.15, 0.2) is 36.5 Å². The number of hydrogen-bond acceptors (Lipinski definition) is 6. The Morgan fingerprint density at radius 2 is 2.00 bits per heavy atom. The van der Waals surface area contributed by atoms with Gasteiger partial charge in [-0.25, -0.2) is 9.59 Å². The first-order valence-corrected chi connectivity index (χ1v) is 7.09. The summed E-state index contributed by atoms with van der Waals surface area (Å²) in [6.07, 6.45) is 4.15. The average Bonchev–Trinajstić information content (AvgIpc) is 2.48. The second-order valence-electron chi connectivity index (χ2n) is 4.68. The second kappa shape index (κ2) is 9.17. The van der Waals surface area contributed by atoms with Gasteiger partial charge >= 0.3 is 11.9 Å². The number of rotatable bonds is 6. The monoisotopic (exact) mass is 310 g/mol. The molecule has 1 saturated heterocycles. The van der Waals surface area contributed by atoms with E-state index < -0.39 is 24.1 Å². The lowest BCUT2D eigenvalue weighted by Crippen LogP contribution is -2.44. The van der Waals surface area contributed by atoms with E-state index in [0.717, 1.165) is 17.7 Å². The zero-order valence-electron chi connectivity index (χ0n) is 13.1. The normalized spacial score (nSPS) is 25.8. The molecule has 0 aromatic carbocycles. The minimum absolute atomic E-state index is 0.214. The summed E-state index contributed by atoms with van der Waals surface area (Å²) in [5.41, 5.74) is 0.905.